The zero-order valence-electron chi connectivity index (χ0n) is 13.9. The number of hydrogen-bond donors (Lipinski definition) is 0. The van der Waals surface area contributed by atoms with Crippen molar-refractivity contribution >= 4 is 17.6 Å². The first kappa shape index (κ1) is 18.2. The van der Waals surface area contributed by atoms with Crippen LogP contribution in [-0.4, -0.2) is 25.0 Å². The van der Waals surface area contributed by atoms with Gasteiger partial charge in [-0.25, -0.2) is 0 Å². The van der Waals surface area contributed by atoms with E-state index in [1.165, 1.54) is 0 Å². The topological polar surface area (TPSA) is 46.6 Å². The highest BCUT2D eigenvalue weighted by Crippen LogP contribution is 2.21. The lowest BCUT2D eigenvalue weighted by Gasteiger charge is -2.24. The molecule has 0 aromatic heterocycles. The fourth-order valence-electron chi connectivity index (χ4n) is 2.28. The summed E-state index contributed by atoms with van der Waals surface area (Å²) in [6, 6.07) is 7.87. The Bertz CT molecular complexity index is 485. The summed E-state index contributed by atoms with van der Waals surface area (Å²) in [5, 5.41) is 0. The minimum Gasteiger partial charge on any atom is -0.466 e. The summed E-state index contributed by atoms with van der Waals surface area (Å²) in [5.74, 6) is -0.0403. The minimum absolute atomic E-state index is 0.122. The number of aryl methyl sites for hydroxylation is 1. The van der Waals surface area contributed by atoms with Crippen LogP contribution in [0.15, 0.2) is 24.3 Å². The average Bonchev–Trinajstić information content (AvgIpc) is 2.49. The Morgan fingerprint density at radius 3 is 2.41 bits per heavy atom. The Morgan fingerprint density at radius 2 is 1.77 bits per heavy atom. The van der Waals surface area contributed by atoms with Crippen LogP contribution in [0.3, 0.4) is 0 Å². The van der Waals surface area contributed by atoms with Crippen LogP contribution in [0, 0.1) is 6.92 Å². The maximum atomic E-state index is 12.3. The summed E-state index contributed by atoms with van der Waals surface area (Å²) >= 11 is 0. The van der Waals surface area contributed by atoms with Gasteiger partial charge >= 0.3 is 5.97 Å². The van der Waals surface area contributed by atoms with Gasteiger partial charge < -0.3 is 9.64 Å². The van der Waals surface area contributed by atoms with Gasteiger partial charge in [0.2, 0.25) is 5.91 Å². The standard InChI is InChI=1S/C18H27NO3/c1-4-9-17(20)19(16-12-7-6-11-15(16)3)13-8-14-22-18(21)10-5-2/h6-7,11-12H,4-5,8-10,13-14H2,1-3H3. The second-order valence-electron chi connectivity index (χ2n) is 5.41. The molecule has 4 nitrogen and oxygen atoms in total. The number of nitrogens with zero attached hydrogens (tertiary/aromatic N) is 1. The number of carbonyl (C=O) groups excluding carboxylic acids is 2. The second kappa shape index (κ2) is 9.98. The summed E-state index contributed by atoms with van der Waals surface area (Å²) in [6.45, 7) is 6.89. The molecule has 0 heterocycles. The number of esters is 1. The quantitative estimate of drug-likeness (QED) is 0.514. The molecule has 0 aliphatic heterocycles. The van der Waals surface area contributed by atoms with E-state index in [4.69, 9.17) is 4.74 Å². The van der Waals surface area contributed by atoms with E-state index in [0.717, 1.165) is 24.1 Å². The molecular formula is C18H27NO3. The van der Waals surface area contributed by atoms with Crippen molar-refractivity contribution in [1.82, 2.24) is 0 Å². The van der Waals surface area contributed by atoms with E-state index in [9.17, 15) is 9.59 Å². The molecule has 4 heteroatoms. The predicted octanol–water partition coefficient (Wildman–Crippen LogP) is 3.86. The lowest BCUT2D eigenvalue weighted by molar-refractivity contribution is -0.143. The summed E-state index contributed by atoms with van der Waals surface area (Å²) in [4.78, 5) is 25.5. The molecule has 0 aliphatic rings. The number of ether oxygens (including phenoxy) is 1. The van der Waals surface area contributed by atoms with Crippen molar-refractivity contribution in [1.29, 1.82) is 0 Å². The number of benzene rings is 1. The highest BCUT2D eigenvalue weighted by atomic mass is 16.5. The van der Waals surface area contributed by atoms with Crippen molar-refractivity contribution in [2.24, 2.45) is 0 Å². The van der Waals surface area contributed by atoms with E-state index >= 15 is 0 Å². The van der Waals surface area contributed by atoms with E-state index < -0.39 is 0 Å². The van der Waals surface area contributed by atoms with Crippen LogP contribution in [0.25, 0.3) is 0 Å². The molecule has 1 aromatic carbocycles. The molecular weight excluding hydrogens is 278 g/mol. The average molecular weight is 305 g/mol. The van der Waals surface area contributed by atoms with Crippen LogP contribution in [0.1, 0.15) is 51.5 Å². The lowest BCUT2D eigenvalue weighted by Crippen LogP contribution is -2.33. The maximum Gasteiger partial charge on any atom is 0.305 e. The predicted molar refractivity (Wildman–Crippen MR) is 88.9 cm³/mol. The van der Waals surface area contributed by atoms with E-state index in [2.05, 4.69) is 0 Å². The molecule has 1 amide bonds. The first-order valence-electron chi connectivity index (χ1n) is 8.11. The van der Waals surface area contributed by atoms with Crippen molar-refractivity contribution in [3.8, 4) is 0 Å². The first-order chi connectivity index (χ1) is 10.6. The zero-order valence-corrected chi connectivity index (χ0v) is 13.9. The Hall–Kier alpha value is -1.84. The lowest BCUT2D eigenvalue weighted by atomic mass is 10.1. The van der Waals surface area contributed by atoms with Gasteiger partial charge in [-0.15, -0.1) is 0 Å². The SMILES string of the molecule is CCCC(=O)OCCCN(C(=O)CCC)c1ccccc1C. The molecule has 0 atom stereocenters. The second-order valence-corrected chi connectivity index (χ2v) is 5.41. The van der Waals surface area contributed by atoms with Crippen molar-refractivity contribution in [2.45, 2.75) is 52.9 Å². The number of hydrogen-bond acceptors (Lipinski definition) is 3. The van der Waals surface area contributed by atoms with Gasteiger partial charge in [0.25, 0.3) is 0 Å². The van der Waals surface area contributed by atoms with Crippen LogP contribution in [0.5, 0.6) is 0 Å². The number of para-hydroxylation sites is 1. The third kappa shape index (κ3) is 5.88. The number of rotatable bonds is 9. The van der Waals surface area contributed by atoms with E-state index in [0.29, 0.717) is 32.4 Å². The molecule has 0 saturated carbocycles. The number of amides is 1. The number of carbonyl (C=O) groups is 2. The summed E-state index contributed by atoms with van der Waals surface area (Å²) in [6.07, 6.45) is 3.26. The fraction of sp³-hybridized carbons (Fsp3) is 0.556. The molecule has 22 heavy (non-hydrogen) atoms. The van der Waals surface area contributed by atoms with Gasteiger partial charge in [0.15, 0.2) is 0 Å². The molecule has 122 valence electrons. The number of anilines is 1. The van der Waals surface area contributed by atoms with Gasteiger partial charge in [0.05, 0.1) is 6.61 Å². The van der Waals surface area contributed by atoms with Crippen molar-refractivity contribution in [2.75, 3.05) is 18.1 Å². The van der Waals surface area contributed by atoms with E-state index in [1.807, 2.05) is 49.9 Å². The van der Waals surface area contributed by atoms with Gasteiger partial charge in [-0.1, -0.05) is 32.0 Å². The van der Waals surface area contributed by atoms with Gasteiger partial charge in [0, 0.05) is 25.1 Å². The van der Waals surface area contributed by atoms with Crippen LogP contribution >= 0.6 is 0 Å². The van der Waals surface area contributed by atoms with Crippen LogP contribution < -0.4 is 4.90 Å². The minimum atomic E-state index is -0.162. The molecule has 1 rings (SSSR count). The Kier molecular flexibility index (Phi) is 8.26. The molecule has 1 aromatic rings. The highest BCUT2D eigenvalue weighted by molar-refractivity contribution is 5.94. The smallest absolute Gasteiger partial charge is 0.305 e. The third-order valence-corrected chi connectivity index (χ3v) is 3.41. The third-order valence-electron chi connectivity index (χ3n) is 3.41. The van der Waals surface area contributed by atoms with Gasteiger partial charge in [-0.2, -0.15) is 0 Å². The summed E-state index contributed by atoms with van der Waals surface area (Å²) in [7, 11) is 0. The van der Waals surface area contributed by atoms with Crippen LogP contribution in [0.2, 0.25) is 0 Å². The molecule has 0 spiro atoms. The van der Waals surface area contributed by atoms with Crippen molar-refractivity contribution < 1.29 is 14.3 Å². The Balaban J connectivity index is 2.62. The van der Waals surface area contributed by atoms with Gasteiger partial charge in [0.1, 0.15) is 0 Å². The largest absolute Gasteiger partial charge is 0.466 e. The normalized spacial score (nSPS) is 10.3. The van der Waals surface area contributed by atoms with Gasteiger partial charge in [-0.05, 0) is 37.8 Å². The first-order valence-corrected chi connectivity index (χ1v) is 8.11. The van der Waals surface area contributed by atoms with E-state index in [1.54, 1.807) is 0 Å². The van der Waals surface area contributed by atoms with Gasteiger partial charge in [-0.3, -0.25) is 9.59 Å². The Morgan fingerprint density at radius 1 is 1.09 bits per heavy atom. The van der Waals surface area contributed by atoms with Crippen LogP contribution in [0.4, 0.5) is 5.69 Å². The molecule has 0 bridgehead atoms. The molecule has 0 saturated heterocycles. The maximum absolute atomic E-state index is 12.3. The monoisotopic (exact) mass is 305 g/mol. The molecule has 0 radical (unpaired) electrons. The summed E-state index contributed by atoms with van der Waals surface area (Å²) < 4.78 is 5.16. The summed E-state index contributed by atoms with van der Waals surface area (Å²) in [5.41, 5.74) is 2.02. The molecule has 0 N–H and O–H groups in total. The van der Waals surface area contributed by atoms with Crippen LogP contribution in [-0.2, 0) is 14.3 Å². The van der Waals surface area contributed by atoms with Crippen molar-refractivity contribution in [3.63, 3.8) is 0 Å². The molecule has 0 unspecified atom stereocenters. The zero-order chi connectivity index (χ0) is 16.4. The molecule has 0 fully saturated rings. The highest BCUT2D eigenvalue weighted by Gasteiger charge is 2.16. The fourth-order valence-corrected chi connectivity index (χ4v) is 2.28. The van der Waals surface area contributed by atoms with Crippen molar-refractivity contribution in [3.05, 3.63) is 29.8 Å². The Labute approximate surface area is 133 Å². The van der Waals surface area contributed by atoms with E-state index in [-0.39, 0.29) is 11.9 Å². The molecule has 0 aliphatic carbocycles.